The van der Waals surface area contributed by atoms with E-state index in [1.165, 1.54) is 11.3 Å². The van der Waals surface area contributed by atoms with Crippen LogP contribution >= 0.6 is 0 Å². The van der Waals surface area contributed by atoms with Crippen molar-refractivity contribution in [3.63, 3.8) is 0 Å². The molecule has 0 heterocycles. The summed E-state index contributed by atoms with van der Waals surface area (Å²) in [4.78, 5) is 2.30. The van der Waals surface area contributed by atoms with Gasteiger partial charge in [0.25, 0.3) is 0 Å². The smallest absolute Gasteiger partial charge is 0.102 e. The molecule has 0 aliphatic rings. The lowest BCUT2D eigenvalue weighted by molar-refractivity contribution is -0.890. The van der Waals surface area contributed by atoms with Gasteiger partial charge in [-0.25, -0.2) is 8.42 Å². The third-order valence-corrected chi connectivity index (χ3v) is 6.41. The van der Waals surface area contributed by atoms with E-state index < -0.39 is 10.1 Å². The Kier molecular flexibility index (Phi) is 16.4. The normalized spacial score (nSPS) is 12.3. The second-order valence-electron chi connectivity index (χ2n) is 9.22. The zero-order valence-electron chi connectivity index (χ0n) is 22.1. The van der Waals surface area contributed by atoms with E-state index in [0.29, 0.717) is 65.7 Å². The quantitative estimate of drug-likeness (QED) is 0.131. The second-order valence-corrected chi connectivity index (χ2v) is 10.7. The van der Waals surface area contributed by atoms with E-state index in [4.69, 9.17) is 18.9 Å². The molecule has 0 N–H and O–H groups in total. The molecular weight excluding hydrogens is 472 g/mol. The number of hydrogen-bond acceptors (Lipinski definition) is 8. The van der Waals surface area contributed by atoms with Crippen LogP contribution < -0.4 is 4.90 Å². The van der Waals surface area contributed by atoms with Gasteiger partial charge in [-0.15, -0.1) is 0 Å². The topological polar surface area (TPSA) is 97.4 Å². The minimum atomic E-state index is -4.11. The maximum atomic E-state index is 10.6. The van der Waals surface area contributed by atoms with Crippen LogP contribution in [-0.4, -0.2) is 116 Å². The zero-order valence-corrected chi connectivity index (χ0v) is 22.9. The first kappa shape index (κ1) is 31.8. The number of hydrogen-bond donors (Lipinski definition) is 0. The number of anilines is 1. The Balaban J connectivity index is 1.90. The second kappa shape index (κ2) is 18.0. The molecule has 0 aliphatic carbocycles. The summed E-state index contributed by atoms with van der Waals surface area (Å²) in [6.45, 7) is 12.1. The number of rotatable bonds is 22. The van der Waals surface area contributed by atoms with Crippen molar-refractivity contribution >= 4 is 15.8 Å². The molecule has 1 aromatic carbocycles. The lowest BCUT2D eigenvalue weighted by Crippen LogP contribution is -2.43. The van der Waals surface area contributed by atoms with E-state index >= 15 is 0 Å². The molecule has 0 bridgehead atoms. The highest BCUT2D eigenvalue weighted by Crippen LogP contribution is 2.15. The highest BCUT2D eigenvalue weighted by Gasteiger charge is 2.14. The number of benzene rings is 1. The lowest BCUT2D eigenvalue weighted by Gasteiger charge is -2.29. The van der Waals surface area contributed by atoms with E-state index in [9.17, 15) is 13.0 Å². The fourth-order valence-electron chi connectivity index (χ4n) is 3.47. The molecular formula is C25H46N2O7S. The molecule has 9 nitrogen and oxygen atoms in total. The summed E-state index contributed by atoms with van der Waals surface area (Å²) < 4.78 is 55.0. The van der Waals surface area contributed by atoms with Gasteiger partial charge < -0.3 is 32.9 Å². The summed E-state index contributed by atoms with van der Waals surface area (Å²) in [5.74, 6) is -0.288. The van der Waals surface area contributed by atoms with Crippen molar-refractivity contribution in [2.24, 2.45) is 0 Å². The largest absolute Gasteiger partial charge is 0.748 e. The van der Waals surface area contributed by atoms with E-state index in [1.54, 1.807) is 0 Å². The van der Waals surface area contributed by atoms with E-state index in [1.807, 2.05) is 0 Å². The number of ether oxygens (including phenoxy) is 4. The number of quaternary nitrogens is 1. The van der Waals surface area contributed by atoms with Gasteiger partial charge in [-0.05, 0) is 44.4 Å². The van der Waals surface area contributed by atoms with Gasteiger partial charge in [-0.3, -0.25) is 0 Å². The molecule has 0 aromatic heterocycles. The molecule has 1 rings (SSSR count). The maximum absolute atomic E-state index is 10.6. The monoisotopic (exact) mass is 518 g/mol. The highest BCUT2D eigenvalue weighted by molar-refractivity contribution is 7.85. The predicted molar refractivity (Wildman–Crippen MR) is 138 cm³/mol. The van der Waals surface area contributed by atoms with E-state index in [-0.39, 0.29) is 5.75 Å². The molecule has 0 fully saturated rings. The molecule has 0 aliphatic heterocycles. The van der Waals surface area contributed by atoms with Crippen molar-refractivity contribution in [1.29, 1.82) is 0 Å². The van der Waals surface area contributed by atoms with Crippen LogP contribution in [0.3, 0.4) is 0 Å². The van der Waals surface area contributed by atoms with Crippen molar-refractivity contribution in [1.82, 2.24) is 0 Å². The van der Waals surface area contributed by atoms with Crippen LogP contribution in [-0.2, 0) is 29.1 Å². The maximum Gasteiger partial charge on any atom is 0.102 e. The third kappa shape index (κ3) is 17.7. The SMILES string of the molecule is CCN(CCOCCOCCOCCOCC[N+](C)(C)CCCCS(=O)(=O)[O-])c1cccc(C)c1. The Hall–Kier alpha value is -1.27. The van der Waals surface area contributed by atoms with Crippen LogP contribution in [0.15, 0.2) is 24.3 Å². The lowest BCUT2D eigenvalue weighted by atomic mass is 10.2. The van der Waals surface area contributed by atoms with Gasteiger partial charge in [0.2, 0.25) is 0 Å². The molecule has 204 valence electrons. The van der Waals surface area contributed by atoms with Gasteiger partial charge in [0, 0.05) is 24.5 Å². The Morgan fingerprint density at radius 2 is 1.43 bits per heavy atom. The van der Waals surface area contributed by atoms with Crippen LogP contribution in [0.1, 0.15) is 25.3 Å². The van der Waals surface area contributed by atoms with Crippen LogP contribution in [0.2, 0.25) is 0 Å². The van der Waals surface area contributed by atoms with Crippen LogP contribution in [0.25, 0.3) is 0 Å². The summed E-state index contributed by atoms with van der Waals surface area (Å²) in [6, 6.07) is 8.50. The van der Waals surface area contributed by atoms with Gasteiger partial charge in [-0.1, -0.05) is 12.1 Å². The predicted octanol–water partition coefficient (Wildman–Crippen LogP) is 2.29. The number of aryl methyl sites for hydroxylation is 1. The Morgan fingerprint density at radius 1 is 0.857 bits per heavy atom. The van der Waals surface area contributed by atoms with Crippen LogP contribution in [0, 0.1) is 6.92 Å². The van der Waals surface area contributed by atoms with Gasteiger partial charge in [0.05, 0.1) is 83.6 Å². The fraction of sp³-hybridized carbons (Fsp3) is 0.760. The Labute approximate surface area is 212 Å². The zero-order chi connectivity index (χ0) is 26.0. The molecule has 0 spiro atoms. The molecule has 0 unspecified atom stereocenters. The van der Waals surface area contributed by atoms with Gasteiger partial charge in [0.1, 0.15) is 6.54 Å². The van der Waals surface area contributed by atoms with Crippen LogP contribution in [0.5, 0.6) is 0 Å². The molecule has 35 heavy (non-hydrogen) atoms. The van der Waals surface area contributed by atoms with E-state index in [0.717, 1.165) is 30.7 Å². The third-order valence-electron chi connectivity index (χ3n) is 5.62. The van der Waals surface area contributed by atoms with Gasteiger partial charge in [-0.2, -0.15) is 0 Å². The molecule has 0 saturated carbocycles. The number of nitrogens with zero attached hydrogens (tertiary/aromatic N) is 2. The van der Waals surface area contributed by atoms with Gasteiger partial charge >= 0.3 is 0 Å². The summed E-state index contributed by atoms with van der Waals surface area (Å²) >= 11 is 0. The highest BCUT2D eigenvalue weighted by atomic mass is 32.2. The van der Waals surface area contributed by atoms with Crippen molar-refractivity contribution in [3.8, 4) is 0 Å². The molecule has 0 saturated heterocycles. The summed E-state index contributed by atoms with van der Waals surface area (Å²) in [5.41, 5.74) is 2.48. The van der Waals surface area contributed by atoms with E-state index in [2.05, 4.69) is 57.1 Å². The first-order chi connectivity index (χ1) is 16.6. The molecule has 1 aromatic rings. The fourth-order valence-corrected chi connectivity index (χ4v) is 4.03. The van der Waals surface area contributed by atoms with Crippen molar-refractivity contribution in [2.75, 3.05) is 104 Å². The molecule has 0 atom stereocenters. The molecule has 10 heteroatoms. The van der Waals surface area contributed by atoms with Crippen molar-refractivity contribution < 1.29 is 36.4 Å². The minimum absolute atomic E-state index is 0.288. The minimum Gasteiger partial charge on any atom is -0.748 e. The van der Waals surface area contributed by atoms with Crippen molar-refractivity contribution in [3.05, 3.63) is 29.8 Å². The Bertz CT molecular complexity index is 775. The average Bonchev–Trinajstić information content (AvgIpc) is 2.79. The van der Waals surface area contributed by atoms with Crippen molar-refractivity contribution in [2.45, 2.75) is 26.7 Å². The standard InChI is InChI=1S/C25H46N2O7S/c1-5-26(25-10-8-9-24(2)23-25)11-14-31-16-18-33-20-21-34-19-17-32-15-13-27(3,4)12-6-7-22-35(28,29)30/h8-10,23H,5-7,11-22H2,1-4H3. The average molecular weight is 519 g/mol. The molecule has 0 radical (unpaired) electrons. The number of likely N-dealkylation sites (N-methyl/N-ethyl adjacent to an activating group) is 2. The first-order valence-corrected chi connectivity index (χ1v) is 14.1. The van der Waals surface area contributed by atoms with Gasteiger partial charge in [0.15, 0.2) is 0 Å². The Morgan fingerprint density at radius 3 is 1.97 bits per heavy atom. The summed E-state index contributed by atoms with van der Waals surface area (Å²) in [7, 11) is 0.0226. The molecule has 0 amide bonds. The summed E-state index contributed by atoms with van der Waals surface area (Å²) in [6.07, 6.45) is 1.11. The van der Waals surface area contributed by atoms with Crippen LogP contribution in [0.4, 0.5) is 5.69 Å². The first-order valence-electron chi connectivity index (χ1n) is 12.5. The number of unbranched alkanes of at least 4 members (excludes halogenated alkanes) is 1. The summed E-state index contributed by atoms with van der Waals surface area (Å²) in [5, 5.41) is 0.